The van der Waals surface area contributed by atoms with E-state index in [4.69, 9.17) is 4.55 Å². The van der Waals surface area contributed by atoms with Crippen LogP contribution < -0.4 is 0 Å². The molecule has 1 N–H and O–H groups in total. The van der Waals surface area contributed by atoms with Crippen LogP contribution in [0, 0.1) is 0 Å². The van der Waals surface area contributed by atoms with E-state index in [9.17, 15) is 47.9 Å². The van der Waals surface area contributed by atoms with Gasteiger partial charge < -0.3 is 0 Å². The summed E-state index contributed by atoms with van der Waals surface area (Å²) in [6.07, 6.45) is -11.4. The molecule has 0 bridgehead atoms. The van der Waals surface area contributed by atoms with Gasteiger partial charge in [0.05, 0.1) is 6.10 Å². The Morgan fingerprint density at radius 2 is 1.38 bits per heavy atom. The minimum atomic E-state index is -7.01. The lowest BCUT2D eigenvalue weighted by Crippen LogP contribution is -2.60. The molecule has 0 aliphatic rings. The van der Waals surface area contributed by atoms with E-state index in [2.05, 4.69) is 4.18 Å². The summed E-state index contributed by atoms with van der Waals surface area (Å²) in [7, 11) is -5.18. The summed E-state index contributed by atoms with van der Waals surface area (Å²) in [6, 6.07) is 0. The van der Waals surface area contributed by atoms with Crippen LogP contribution in [0.3, 0.4) is 0 Å². The van der Waals surface area contributed by atoms with Crippen LogP contribution in [0.4, 0.5) is 39.5 Å². The molecule has 0 aliphatic carbocycles. The third kappa shape index (κ3) is 6.44. The first-order valence-corrected chi connectivity index (χ1v) is 8.61. The molecule has 0 aromatic heterocycles. The highest BCUT2D eigenvalue weighted by atomic mass is 32.3. The van der Waals surface area contributed by atoms with E-state index in [0.717, 1.165) is 0 Å². The van der Waals surface area contributed by atoms with Crippen molar-refractivity contribution in [2.24, 2.45) is 0 Å². The number of halogens is 9. The highest BCUT2D eigenvalue weighted by Gasteiger charge is 2.81. The lowest BCUT2D eigenvalue weighted by atomic mass is 9.96. The van der Waals surface area contributed by atoms with E-state index >= 15 is 0 Å². The van der Waals surface area contributed by atoms with Gasteiger partial charge in [0.1, 0.15) is 0 Å². The quantitative estimate of drug-likeness (QED) is 0.286. The van der Waals surface area contributed by atoms with Crippen LogP contribution in [-0.2, 0) is 14.6 Å². The van der Waals surface area contributed by atoms with E-state index in [-0.39, 0.29) is 12.8 Å². The highest BCUT2D eigenvalue weighted by Crippen LogP contribution is 2.54. The predicted octanol–water partition coefficient (Wildman–Crippen LogP) is 5.00. The molecule has 0 radical (unpaired) electrons. The van der Waals surface area contributed by atoms with E-state index in [1.165, 1.54) is 0 Å². The topological polar surface area (TPSA) is 63.6 Å². The van der Waals surface area contributed by atoms with Gasteiger partial charge in [-0.25, -0.2) is 4.18 Å². The molecule has 0 aliphatic heterocycles. The second kappa shape index (κ2) is 8.50. The lowest BCUT2D eigenvalue weighted by molar-refractivity contribution is -0.397. The number of rotatable bonds is 11. The number of hydrogen-bond acceptors (Lipinski definition) is 3. The van der Waals surface area contributed by atoms with E-state index in [1.54, 1.807) is 6.92 Å². The summed E-state index contributed by atoms with van der Waals surface area (Å²) in [4.78, 5) is 0. The zero-order valence-corrected chi connectivity index (χ0v) is 14.1. The van der Waals surface area contributed by atoms with Gasteiger partial charge in [-0.3, -0.25) is 4.55 Å². The standard InChI is InChI=1S/C12H17F9O4S/c1-2-3-4-5-8(25-26(22,23)24)6-7-9(13,14)10(15,16)11(17,18)12(19,20)21/h8H,2-7H2,1H3,(H,22,23,24). The average Bonchev–Trinajstić information content (AvgIpc) is 2.41. The molecule has 0 spiro atoms. The van der Waals surface area contributed by atoms with Crippen LogP contribution in [-0.4, -0.2) is 43.0 Å². The van der Waals surface area contributed by atoms with Gasteiger partial charge in [0, 0.05) is 6.42 Å². The molecular weight excluding hydrogens is 411 g/mol. The van der Waals surface area contributed by atoms with E-state index < -0.39 is 53.3 Å². The van der Waals surface area contributed by atoms with Crippen molar-refractivity contribution in [3.63, 3.8) is 0 Å². The Morgan fingerprint density at radius 3 is 1.77 bits per heavy atom. The Hall–Kier alpha value is -0.760. The molecule has 0 rings (SSSR count). The van der Waals surface area contributed by atoms with E-state index in [0.29, 0.717) is 12.8 Å². The molecule has 4 nitrogen and oxygen atoms in total. The van der Waals surface area contributed by atoms with Crippen molar-refractivity contribution < 1.29 is 56.7 Å². The third-order valence-electron chi connectivity index (χ3n) is 3.38. The Bertz CT molecular complexity index is 545. The number of unbranched alkanes of at least 4 members (excludes halogenated alkanes) is 2. The average molecular weight is 428 g/mol. The first-order chi connectivity index (χ1) is 11.4. The van der Waals surface area contributed by atoms with Gasteiger partial charge in [-0.2, -0.15) is 47.9 Å². The first kappa shape index (κ1) is 25.2. The summed E-state index contributed by atoms with van der Waals surface area (Å²) in [5.74, 6) is -19.6. The Balaban J connectivity index is 5.29. The fourth-order valence-electron chi connectivity index (χ4n) is 1.94. The summed E-state index contributed by atoms with van der Waals surface area (Å²) in [5.41, 5.74) is 0. The fraction of sp³-hybridized carbons (Fsp3) is 1.00. The maximum Gasteiger partial charge on any atom is 0.460 e. The zero-order chi connectivity index (χ0) is 21.0. The van der Waals surface area contributed by atoms with Gasteiger partial charge in [-0.1, -0.05) is 26.2 Å². The summed E-state index contributed by atoms with van der Waals surface area (Å²) < 4.78 is 148. The molecule has 0 amide bonds. The van der Waals surface area contributed by atoms with Crippen molar-refractivity contribution >= 4 is 10.4 Å². The van der Waals surface area contributed by atoms with Crippen molar-refractivity contribution in [1.29, 1.82) is 0 Å². The molecule has 0 saturated carbocycles. The van der Waals surface area contributed by atoms with Crippen molar-refractivity contribution in [3.05, 3.63) is 0 Å². The molecule has 0 aromatic rings. The predicted molar refractivity (Wildman–Crippen MR) is 70.7 cm³/mol. The SMILES string of the molecule is CCCCCC(CCC(F)(F)C(F)(F)C(F)(F)C(F)(F)F)OS(=O)(=O)O. The van der Waals surface area contributed by atoms with Gasteiger partial charge in [-0.15, -0.1) is 0 Å². The van der Waals surface area contributed by atoms with Crippen molar-refractivity contribution in [1.82, 2.24) is 0 Å². The molecule has 0 heterocycles. The maximum absolute atomic E-state index is 13.4. The second-order valence-corrected chi connectivity index (χ2v) is 6.58. The van der Waals surface area contributed by atoms with Gasteiger partial charge in [0.2, 0.25) is 0 Å². The van der Waals surface area contributed by atoms with Gasteiger partial charge in [-0.05, 0) is 12.8 Å². The highest BCUT2D eigenvalue weighted by molar-refractivity contribution is 7.80. The molecule has 0 aromatic carbocycles. The van der Waals surface area contributed by atoms with Gasteiger partial charge >= 0.3 is 34.3 Å². The molecular formula is C12H17F9O4S. The Labute approximate surface area is 143 Å². The van der Waals surface area contributed by atoms with Crippen LogP contribution in [0.5, 0.6) is 0 Å². The summed E-state index contributed by atoms with van der Waals surface area (Å²) in [5, 5.41) is 0. The smallest absolute Gasteiger partial charge is 0.264 e. The molecule has 1 atom stereocenters. The summed E-state index contributed by atoms with van der Waals surface area (Å²) >= 11 is 0. The van der Waals surface area contributed by atoms with Crippen molar-refractivity contribution in [3.8, 4) is 0 Å². The molecule has 1 unspecified atom stereocenters. The van der Waals surface area contributed by atoms with Crippen molar-refractivity contribution in [2.45, 2.75) is 75.5 Å². The number of alkyl halides is 9. The Kier molecular flexibility index (Phi) is 8.25. The van der Waals surface area contributed by atoms with Crippen LogP contribution in [0.15, 0.2) is 0 Å². The zero-order valence-electron chi connectivity index (χ0n) is 13.3. The molecule has 14 heteroatoms. The second-order valence-electron chi connectivity index (χ2n) is 5.53. The fourth-order valence-corrected chi connectivity index (χ4v) is 2.48. The normalized spacial score (nSPS) is 16.0. The largest absolute Gasteiger partial charge is 0.460 e. The molecule has 0 saturated heterocycles. The lowest BCUT2D eigenvalue weighted by Gasteiger charge is -2.34. The van der Waals surface area contributed by atoms with E-state index in [1.807, 2.05) is 0 Å². The van der Waals surface area contributed by atoms with Crippen LogP contribution in [0.2, 0.25) is 0 Å². The van der Waals surface area contributed by atoms with Crippen molar-refractivity contribution in [2.75, 3.05) is 0 Å². The van der Waals surface area contributed by atoms with Gasteiger partial charge in [0.25, 0.3) is 0 Å². The molecule has 26 heavy (non-hydrogen) atoms. The minimum absolute atomic E-state index is 0.150. The first-order valence-electron chi connectivity index (χ1n) is 7.25. The minimum Gasteiger partial charge on any atom is -0.264 e. The maximum atomic E-state index is 13.4. The summed E-state index contributed by atoms with van der Waals surface area (Å²) in [6.45, 7) is 1.70. The Morgan fingerprint density at radius 1 is 0.885 bits per heavy atom. The van der Waals surface area contributed by atoms with Crippen LogP contribution in [0.1, 0.15) is 45.4 Å². The van der Waals surface area contributed by atoms with Crippen LogP contribution >= 0.6 is 0 Å². The van der Waals surface area contributed by atoms with Crippen LogP contribution in [0.25, 0.3) is 0 Å². The molecule has 158 valence electrons. The molecule has 0 fully saturated rings. The third-order valence-corrected chi connectivity index (χ3v) is 3.89. The van der Waals surface area contributed by atoms with Gasteiger partial charge in [0.15, 0.2) is 0 Å². The monoisotopic (exact) mass is 428 g/mol. The number of hydrogen-bond donors (Lipinski definition) is 1.